The molecule has 0 fully saturated rings. The molecule has 4 N–H and O–H groups in total. The first-order valence-electron chi connectivity index (χ1n) is 5.57. The van der Waals surface area contributed by atoms with E-state index < -0.39 is 10.8 Å². The van der Waals surface area contributed by atoms with Crippen molar-refractivity contribution >= 4 is 16.6 Å². The van der Waals surface area contributed by atoms with E-state index >= 15 is 0 Å². The lowest BCUT2D eigenvalue weighted by Gasteiger charge is -2.08. The Morgan fingerprint density at radius 3 is 3.11 bits per heavy atom. The average Bonchev–Trinajstić information content (AvgIpc) is 2.37. The van der Waals surface area contributed by atoms with E-state index in [-0.39, 0.29) is 5.84 Å². The van der Waals surface area contributed by atoms with E-state index in [1.807, 2.05) is 6.07 Å². The van der Waals surface area contributed by atoms with Crippen LogP contribution in [0.5, 0.6) is 0 Å². The van der Waals surface area contributed by atoms with Crippen LogP contribution in [0.15, 0.2) is 23.5 Å². The minimum Gasteiger partial charge on any atom is -0.409 e. The summed E-state index contributed by atoms with van der Waals surface area (Å²) in [5.74, 6) is 0.690. The zero-order valence-corrected chi connectivity index (χ0v) is 11.1. The van der Waals surface area contributed by atoms with Gasteiger partial charge in [0.15, 0.2) is 5.84 Å². The highest BCUT2D eigenvalue weighted by Gasteiger charge is 2.07. The number of pyridine rings is 1. The molecule has 0 bridgehead atoms. The fraction of sp³-hybridized carbons (Fsp3) is 0.455. The van der Waals surface area contributed by atoms with Crippen LogP contribution in [0.4, 0.5) is 0 Å². The van der Waals surface area contributed by atoms with Gasteiger partial charge in [0, 0.05) is 35.5 Å². The Morgan fingerprint density at radius 2 is 2.44 bits per heavy atom. The van der Waals surface area contributed by atoms with Gasteiger partial charge in [-0.2, -0.15) is 0 Å². The fourth-order valence-corrected chi connectivity index (χ4v) is 2.03. The average molecular weight is 270 g/mol. The molecule has 7 heteroatoms. The van der Waals surface area contributed by atoms with Crippen LogP contribution < -0.4 is 11.1 Å². The highest BCUT2D eigenvalue weighted by Crippen LogP contribution is 2.04. The first-order chi connectivity index (χ1) is 8.65. The van der Waals surface area contributed by atoms with Crippen molar-refractivity contribution in [1.82, 2.24) is 10.3 Å². The molecule has 0 spiro atoms. The molecule has 0 radical (unpaired) electrons. The van der Waals surface area contributed by atoms with Gasteiger partial charge in [-0.15, -0.1) is 0 Å². The third kappa shape index (κ3) is 4.80. The monoisotopic (exact) mass is 270 g/mol. The number of hydrogen-bond donors (Lipinski definition) is 3. The molecule has 0 aliphatic carbocycles. The van der Waals surface area contributed by atoms with Crippen LogP contribution in [0, 0.1) is 0 Å². The maximum Gasteiger partial charge on any atom is 0.189 e. The minimum atomic E-state index is -0.751. The van der Waals surface area contributed by atoms with Crippen LogP contribution in [0.3, 0.4) is 0 Å². The van der Waals surface area contributed by atoms with Crippen molar-refractivity contribution in [3.8, 4) is 0 Å². The molecule has 1 atom stereocenters. The fourth-order valence-electron chi connectivity index (χ4n) is 1.48. The quantitative estimate of drug-likeness (QED) is 0.213. The molecule has 0 aromatic carbocycles. The van der Waals surface area contributed by atoms with Gasteiger partial charge >= 0.3 is 0 Å². The Kier molecular flexibility index (Phi) is 6.31. The van der Waals surface area contributed by atoms with Gasteiger partial charge in [0.1, 0.15) is 5.69 Å². The normalized spacial score (nSPS) is 13.5. The van der Waals surface area contributed by atoms with Crippen molar-refractivity contribution < 1.29 is 9.42 Å². The van der Waals surface area contributed by atoms with Crippen molar-refractivity contribution in [3.05, 3.63) is 29.6 Å². The van der Waals surface area contributed by atoms with Gasteiger partial charge in [-0.05, 0) is 24.6 Å². The largest absolute Gasteiger partial charge is 0.409 e. The van der Waals surface area contributed by atoms with Gasteiger partial charge in [0.25, 0.3) is 0 Å². The van der Waals surface area contributed by atoms with Crippen LogP contribution in [-0.2, 0) is 17.3 Å². The number of nitrogens with zero attached hydrogens (tertiary/aromatic N) is 2. The third-order valence-corrected chi connectivity index (χ3v) is 3.21. The first kappa shape index (κ1) is 14.6. The summed E-state index contributed by atoms with van der Waals surface area (Å²) in [5.41, 5.74) is 6.88. The lowest BCUT2D eigenvalue weighted by atomic mass is 10.2. The molecule has 0 aliphatic rings. The number of aromatic nitrogens is 1. The molecule has 6 nitrogen and oxygen atoms in total. The Balaban J connectivity index is 2.49. The summed E-state index contributed by atoms with van der Waals surface area (Å²) in [6.07, 6.45) is 4.14. The maximum absolute atomic E-state index is 10.9. The van der Waals surface area contributed by atoms with Crippen LogP contribution in [0.1, 0.15) is 17.7 Å². The number of amidine groups is 1. The molecule has 100 valence electrons. The number of oxime groups is 1. The molecule has 0 amide bonds. The Morgan fingerprint density at radius 1 is 1.67 bits per heavy atom. The molecule has 0 aliphatic heterocycles. The molecule has 0 saturated carbocycles. The number of rotatable bonds is 7. The van der Waals surface area contributed by atoms with E-state index in [2.05, 4.69) is 15.5 Å². The van der Waals surface area contributed by atoms with Crippen molar-refractivity contribution in [2.24, 2.45) is 10.9 Å². The summed E-state index contributed by atoms with van der Waals surface area (Å²) in [6.45, 7) is 1.35. The Labute approximate surface area is 109 Å². The second-order valence-electron chi connectivity index (χ2n) is 3.80. The van der Waals surface area contributed by atoms with Gasteiger partial charge in [-0.1, -0.05) is 11.2 Å². The molecule has 1 heterocycles. The highest BCUT2D eigenvalue weighted by atomic mass is 32.2. The van der Waals surface area contributed by atoms with Crippen LogP contribution >= 0.6 is 0 Å². The molecule has 1 aromatic rings. The summed E-state index contributed by atoms with van der Waals surface area (Å²) in [5, 5.41) is 14.8. The van der Waals surface area contributed by atoms with Gasteiger partial charge in [-0.3, -0.25) is 9.19 Å². The predicted molar refractivity (Wildman–Crippen MR) is 72.0 cm³/mol. The van der Waals surface area contributed by atoms with E-state index in [1.165, 1.54) is 0 Å². The number of nitrogens with one attached hydrogen (secondary N) is 1. The maximum atomic E-state index is 10.9. The standard InChI is InChI=1S/C11H18N4O2S/c1-18(17)7-3-5-13-8-9-4-2-6-14-10(9)11(12)15-16/h2,4,6,13,16H,3,5,7-8H2,1H3,(H2,12,15). The molecule has 18 heavy (non-hydrogen) atoms. The lowest BCUT2D eigenvalue weighted by molar-refractivity contribution is 0.318. The van der Waals surface area contributed by atoms with Gasteiger partial charge in [0.05, 0.1) is 0 Å². The summed E-state index contributed by atoms with van der Waals surface area (Å²) >= 11 is 0. The smallest absolute Gasteiger partial charge is 0.189 e. The van der Waals surface area contributed by atoms with Crippen molar-refractivity contribution in [3.63, 3.8) is 0 Å². The van der Waals surface area contributed by atoms with Crippen molar-refractivity contribution in [2.75, 3.05) is 18.6 Å². The van der Waals surface area contributed by atoms with E-state index in [0.29, 0.717) is 18.0 Å². The number of hydrogen-bond acceptors (Lipinski definition) is 5. The molecule has 1 aromatic heterocycles. The van der Waals surface area contributed by atoms with E-state index in [4.69, 9.17) is 10.9 Å². The Hall–Kier alpha value is -1.47. The van der Waals surface area contributed by atoms with E-state index in [1.54, 1.807) is 18.5 Å². The number of nitrogens with two attached hydrogens (primary N) is 1. The Bertz CT molecular complexity index is 437. The molecule has 1 rings (SSSR count). The van der Waals surface area contributed by atoms with E-state index in [9.17, 15) is 4.21 Å². The predicted octanol–water partition coefficient (Wildman–Crippen LogP) is 0.0343. The van der Waals surface area contributed by atoms with Crippen LogP contribution in [-0.4, -0.2) is 38.8 Å². The third-order valence-electron chi connectivity index (χ3n) is 2.34. The molecule has 1 unspecified atom stereocenters. The van der Waals surface area contributed by atoms with E-state index in [0.717, 1.165) is 18.5 Å². The lowest BCUT2D eigenvalue weighted by Crippen LogP contribution is -2.22. The van der Waals surface area contributed by atoms with Crippen LogP contribution in [0.25, 0.3) is 0 Å². The first-order valence-corrected chi connectivity index (χ1v) is 7.30. The summed E-state index contributed by atoms with van der Waals surface area (Å²) < 4.78 is 10.9. The van der Waals surface area contributed by atoms with Gasteiger partial charge in [-0.25, -0.2) is 0 Å². The van der Waals surface area contributed by atoms with Crippen molar-refractivity contribution in [2.45, 2.75) is 13.0 Å². The minimum absolute atomic E-state index is 0.00191. The van der Waals surface area contributed by atoms with Gasteiger partial charge in [0.2, 0.25) is 0 Å². The topological polar surface area (TPSA) is 101 Å². The second kappa shape index (κ2) is 7.78. The van der Waals surface area contributed by atoms with Gasteiger partial charge < -0.3 is 16.3 Å². The molecular weight excluding hydrogens is 252 g/mol. The second-order valence-corrected chi connectivity index (χ2v) is 5.36. The highest BCUT2D eigenvalue weighted by molar-refractivity contribution is 7.84. The zero-order chi connectivity index (χ0) is 13.4. The summed E-state index contributed by atoms with van der Waals surface area (Å²) in [4.78, 5) is 4.07. The molecule has 0 saturated heterocycles. The summed E-state index contributed by atoms with van der Waals surface area (Å²) in [7, 11) is -0.751. The molecular formula is C11H18N4O2S. The SMILES string of the molecule is CS(=O)CCCNCc1cccnc1/C(N)=N/O. The summed E-state index contributed by atoms with van der Waals surface area (Å²) in [6, 6.07) is 3.66. The zero-order valence-electron chi connectivity index (χ0n) is 10.3. The van der Waals surface area contributed by atoms with Crippen molar-refractivity contribution in [1.29, 1.82) is 0 Å². The van der Waals surface area contributed by atoms with Crippen LogP contribution in [0.2, 0.25) is 0 Å².